The monoisotopic (exact) mass is 518 g/mol. The number of benzene rings is 2. The molecule has 38 heavy (non-hydrogen) atoms. The molecule has 202 valence electrons. The van der Waals surface area contributed by atoms with E-state index in [0.717, 1.165) is 22.1 Å². The van der Waals surface area contributed by atoms with Crippen LogP contribution in [0.5, 0.6) is 0 Å². The molecule has 0 fully saturated rings. The van der Waals surface area contributed by atoms with E-state index in [1.54, 1.807) is 25.3 Å². The first kappa shape index (κ1) is 28.4. The van der Waals surface area contributed by atoms with Crippen LogP contribution in [0.15, 0.2) is 64.2 Å². The molecule has 2 aromatic carbocycles. The number of H-pyrrole nitrogens is 1. The fraction of sp³-hybridized carbons (Fsp3) is 0.379. The fourth-order valence-electron chi connectivity index (χ4n) is 4.35. The first-order valence-electron chi connectivity index (χ1n) is 13.1. The van der Waals surface area contributed by atoms with Gasteiger partial charge in [0.05, 0.1) is 17.5 Å². The lowest BCUT2D eigenvalue weighted by molar-refractivity contribution is 0.0964. The Morgan fingerprint density at radius 2 is 1.84 bits per heavy atom. The number of aliphatic hydroxyl groups excluding tert-OH is 1. The molecule has 1 amide bonds. The van der Waals surface area contributed by atoms with Crippen LogP contribution in [0.4, 0.5) is 0 Å². The molecule has 1 unspecified atom stereocenters. The van der Waals surface area contributed by atoms with E-state index in [1.807, 2.05) is 51.1 Å². The van der Waals surface area contributed by atoms with E-state index in [-0.39, 0.29) is 29.3 Å². The molecule has 9 nitrogen and oxygen atoms in total. The summed E-state index contributed by atoms with van der Waals surface area (Å²) in [7, 11) is 1.59. The number of nitrogens with one attached hydrogen (secondary N) is 3. The van der Waals surface area contributed by atoms with Crippen LogP contribution >= 0.6 is 0 Å². The zero-order chi connectivity index (χ0) is 27.8. The molecule has 9 heteroatoms. The van der Waals surface area contributed by atoms with Crippen molar-refractivity contribution in [1.29, 1.82) is 0 Å². The first-order chi connectivity index (χ1) is 18.3. The van der Waals surface area contributed by atoms with Crippen LogP contribution in [0.3, 0.4) is 0 Å². The molecule has 0 spiro atoms. The highest BCUT2D eigenvalue weighted by Gasteiger charge is 2.20. The topological polar surface area (TPSA) is 124 Å². The fourth-order valence-corrected chi connectivity index (χ4v) is 4.35. The number of hydrazone groups is 1. The largest absolute Gasteiger partial charge is 0.513 e. The van der Waals surface area contributed by atoms with Gasteiger partial charge in [-0.2, -0.15) is 10.2 Å². The highest BCUT2D eigenvalue weighted by molar-refractivity contribution is 6.09. The Morgan fingerprint density at radius 1 is 1.13 bits per heavy atom. The highest BCUT2D eigenvalue weighted by Crippen LogP contribution is 2.29. The summed E-state index contributed by atoms with van der Waals surface area (Å²) in [5.74, 6) is 0.722. The number of aromatic nitrogens is 3. The van der Waals surface area contributed by atoms with Gasteiger partial charge in [-0.15, -0.1) is 0 Å². The third-order valence-electron chi connectivity index (χ3n) is 6.30. The SMILES string of the molecule is CC.CNC(=O)c1ccc(-n2c(/C3=C/C/C(C(C)C)=N\NC(C)/C=C(/O)CC3)n[nH]c2=O)c2ccccc12. The molecule has 0 saturated carbocycles. The lowest BCUT2D eigenvalue weighted by Crippen LogP contribution is -2.22. The van der Waals surface area contributed by atoms with Crippen molar-refractivity contribution in [1.82, 2.24) is 25.5 Å². The zero-order valence-corrected chi connectivity index (χ0v) is 23.0. The van der Waals surface area contributed by atoms with Crippen LogP contribution in [-0.2, 0) is 0 Å². The van der Waals surface area contributed by atoms with Crippen molar-refractivity contribution in [3.63, 3.8) is 0 Å². The molecule has 1 aromatic heterocycles. The van der Waals surface area contributed by atoms with Crippen molar-refractivity contribution in [3.05, 3.63) is 76.2 Å². The Bertz CT molecular complexity index is 1430. The summed E-state index contributed by atoms with van der Waals surface area (Å²) in [6.07, 6.45) is 5.22. The van der Waals surface area contributed by atoms with Crippen LogP contribution in [-0.4, -0.2) is 44.6 Å². The second-order valence-electron chi connectivity index (χ2n) is 9.21. The van der Waals surface area contributed by atoms with Gasteiger partial charge in [0.15, 0.2) is 5.82 Å². The molecule has 0 saturated heterocycles. The second kappa shape index (κ2) is 12.9. The van der Waals surface area contributed by atoms with Crippen molar-refractivity contribution in [2.75, 3.05) is 7.05 Å². The van der Waals surface area contributed by atoms with Crippen molar-refractivity contribution in [3.8, 4) is 5.69 Å². The minimum absolute atomic E-state index is 0.117. The van der Waals surface area contributed by atoms with Gasteiger partial charge < -0.3 is 15.8 Å². The highest BCUT2D eigenvalue weighted by atomic mass is 16.3. The standard InChI is InChI=1S/C27H32N6O3.C2H6/c1-16(2)23-13-10-18(9-11-19(34)15-17(3)29-30-23)25-31-32-27(36)33(25)24-14-12-22(26(35)28-4)20-7-5-6-8-21(20)24;1-2/h5-8,10,12,14-17,29,34H,9,11,13H2,1-4H3,(H,28,35)(H,32,36);1-2H3/b18-10+,19-15+,30-23+;. The number of nitrogens with zero attached hydrogens (tertiary/aromatic N) is 3. The molecule has 2 heterocycles. The number of carbonyl (C=O) groups is 1. The van der Waals surface area contributed by atoms with Crippen molar-refractivity contribution >= 4 is 28.0 Å². The molecule has 1 aliphatic heterocycles. The van der Waals surface area contributed by atoms with Crippen LogP contribution in [0.2, 0.25) is 0 Å². The van der Waals surface area contributed by atoms with Crippen LogP contribution in [0.25, 0.3) is 22.0 Å². The third-order valence-corrected chi connectivity index (χ3v) is 6.30. The molecular formula is C29H38N6O3. The van der Waals surface area contributed by atoms with Gasteiger partial charge in [-0.25, -0.2) is 14.5 Å². The maximum Gasteiger partial charge on any atom is 0.348 e. The summed E-state index contributed by atoms with van der Waals surface area (Å²) in [5, 5.41) is 26.2. The molecular weight excluding hydrogens is 480 g/mol. The second-order valence-corrected chi connectivity index (χ2v) is 9.21. The summed E-state index contributed by atoms with van der Waals surface area (Å²) in [6, 6.07) is 10.9. The number of allylic oxidation sites excluding steroid dienone is 3. The van der Waals surface area contributed by atoms with Crippen LogP contribution in [0.1, 0.15) is 70.1 Å². The summed E-state index contributed by atoms with van der Waals surface area (Å²) in [5.41, 5.74) is 5.63. The Hall–Kier alpha value is -4.14. The molecule has 0 bridgehead atoms. The van der Waals surface area contributed by atoms with Gasteiger partial charge in [0.1, 0.15) is 0 Å². The average Bonchev–Trinajstić information content (AvgIpc) is 3.29. The Balaban J connectivity index is 0.00000195. The van der Waals surface area contributed by atoms with Gasteiger partial charge >= 0.3 is 5.69 Å². The Labute approximate surface area is 223 Å². The van der Waals surface area contributed by atoms with Gasteiger partial charge in [0.25, 0.3) is 5.91 Å². The molecule has 0 radical (unpaired) electrons. The summed E-state index contributed by atoms with van der Waals surface area (Å²) < 4.78 is 1.54. The van der Waals surface area contributed by atoms with Gasteiger partial charge in [-0.1, -0.05) is 58.0 Å². The normalized spacial score (nSPS) is 20.4. The van der Waals surface area contributed by atoms with Crippen molar-refractivity contribution in [2.24, 2.45) is 11.0 Å². The van der Waals surface area contributed by atoms with Crippen molar-refractivity contribution < 1.29 is 9.90 Å². The van der Waals surface area contributed by atoms with E-state index in [4.69, 9.17) is 0 Å². The summed E-state index contributed by atoms with van der Waals surface area (Å²) >= 11 is 0. The number of fused-ring (bicyclic) bond motifs is 1. The minimum atomic E-state index is -0.383. The van der Waals surface area contributed by atoms with E-state index >= 15 is 0 Å². The number of rotatable bonds is 4. The molecule has 1 aliphatic rings. The van der Waals surface area contributed by atoms with Crippen LogP contribution in [0, 0.1) is 5.92 Å². The molecule has 4 rings (SSSR count). The third kappa shape index (κ3) is 6.22. The van der Waals surface area contributed by atoms with Gasteiger partial charge in [-0.3, -0.25) is 4.79 Å². The van der Waals surface area contributed by atoms with E-state index < -0.39 is 0 Å². The van der Waals surface area contributed by atoms with E-state index in [0.29, 0.717) is 36.3 Å². The molecule has 1 atom stereocenters. The Kier molecular flexibility index (Phi) is 9.65. The molecule has 0 aliphatic carbocycles. The number of aromatic amines is 1. The number of aliphatic hydroxyl groups is 1. The van der Waals surface area contributed by atoms with Gasteiger partial charge in [0, 0.05) is 36.6 Å². The van der Waals surface area contributed by atoms with Crippen LogP contribution < -0.4 is 16.4 Å². The zero-order valence-electron chi connectivity index (χ0n) is 23.0. The minimum Gasteiger partial charge on any atom is -0.513 e. The Morgan fingerprint density at radius 3 is 2.53 bits per heavy atom. The number of carbonyl (C=O) groups excluding carboxylic acids is 1. The lowest BCUT2D eigenvalue weighted by Gasteiger charge is -2.14. The number of hydrogen-bond donors (Lipinski definition) is 4. The van der Waals surface area contributed by atoms with E-state index in [9.17, 15) is 14.7 Å². The van der Waals surface area contributed by atoms with E-state index in [2.05, 4.69) is 39.9 Å². The maximum atomic E-state index is 13.1. The number of amides is 1. The number of hydrogen-bond acceptors (Lipinski definition) is 6. The predicted molar refractivity (Wildman–Crippen MR) is 154 cm³/mol. The predicted octanol–water partition coefficient (Wildman–Crippen LogP) is 5.10. The van der Waals surface area contributed by atoms with E-state index in [1.165, 1.54) is 4.57 Å². The summed E-state index contributed by atoms with van der Waals surface area (Å²) in [6.45, 7) is 10.1. The van der Waals surface area contributed by atoms with Gasteiger partial charge in [0.2, 0.25) is 0 Å². The quantitative estimate of drug-likeness (QED) is 0.383. The first-order valence-corrected chi connectivity index (χ1v) is 13.1. The smallest absolute Gasteiger partial charge is 0.348 e. The van der Waals surface area contributed by atoms with Gasteiger partial charge in [-0.05, 0) is 48.4 Å². The maximum absolute atomic E-state index is 13.1. The molecule has 4 N–H and O–H groups in total. The summed E-state index contributed by atoms with van der Waals surface area (Å²) in [4.78, 5) is 25.5. The average molecular weight is 519 g/mol. The van der Waals surface area contributed by atoms with Crippen molar-refractivity contribution in [2.45, 2.75) is 59.9 Å². The molecule has 3 aromatic rings. The lowest BCUT2D eigenvalue weighted by atomic mass is 10.00.